The van der Waals surface area contributed by atoms with E-state index in [0.717, 1.165) is 22.6 Å². The van der Waals surface area contributed by atoms with E-state index < -0.39 is 0 Å². The summed E-state index contributed by atoms with van der Waals surface area (Å²) in [5, 5.41) is 4.93. The van der Waals surface area contributed by atoms with Crippen LogP contribution in [0.1, 0.15) is 0 Å². The summed E-state index contributed by atoms with van der Waals surface area (Å²) in [6.45, 7) is 0. The molecule has 1 heteroatoms. The summed E-state index contributed by atoms with van der Waals surface area (Å²) in [5.74, 6) is 0. The van der Waals surface area contributed by atoms with Crippen LogP contribution < -0.4 is 4.90 Å². The second-order valence-electron chi connectivity index (χ2n) is 14.5. The Morgan fingerprint density at radius 1 is 0.228 bits per heavy atom. The fourth-order valence-corrected chi connectivity index (χ4v) is 8.35. The van der Waals surface area contributed by atoms with Crippen molar-refractivity contribution >= 4 is 38.6 Å². The lowest BCUT2D eigenvalue weighted by Crippen LogP contribution is -2.10. The Kier molecular flexibility index (Phi) is 8.95. The van der Waals surface area contributed by atoms with E-state index in [9.17, 15) is 0 Å². The summed E-state index contributed by atoms with van der Waals surface area (Å²) < 4.78 is 0. The zero-order valence-corrected chi connectivity index (χ0v) is 31.5. The normalized spacial score (nSPS) is 11.2. The van der Waals surface area contributed by atoms with Crippen LogP contribution in [0.25, 0.3) is 77.2 Å². The number of benzene rings is 10. The molecule has 0 atom stereocenters. The Balaban J connectivity index is 1.15. The quantitative estimate of drug-likeness (QED) is 0.151. The molecule has 0 aliphatic rings. The Labute approximate surface area is 334 Å². The number of fused-ring (bicyclic) bond motifs is 2. The third-order valence-electron chi connectivity index (χ3n) is 11.1. The van der Waals surface area contributed by atoms with Gasteiger partial charge in [0.05, 0.1) is 0 Å². The molecule has 268 valence electrons. The molecule has 0 aliphatic heterocycles. The summed E-state index contributed by atoms with van der Waals surface area (Å²) in [4.78, 5) is 2.39. The summed E-state index contributed by atoms with van der Waals surface area (Å²) in [6, 6.07) is 85.7. The first-order valence-corrected chi connectivity index (χ1v) is 19.6. The number of hydrogen-bond acceptors (Lipinski definition) is 1. The molecule has 0 saturated heterocycles. The van der Waals surface area contributed by atoms with Crippen molar-refractivity contribution in [3.05, 3.63) is 237 Å². The van der Waals surface area contributed by atoms with Crippen LogP contribution in [0, 0.1) is 0 Å². The highest BCUT2D eigenvalue weighted by atomic mass is 15.1. The van der Waals surface area contributed by atoms with E-state index >= 15 is 0 Å². The van der Waals surface area contributed by atoms with Gasteiger partial charge in [-0.1, -0.05) is 200 Å². The van der Waals surface area contributed by atoms with Crippen LogP contribution in [-0.4, -0.2) is 0 Å². The Hall–Kier alpha value is -7.48. The highest BCUT2D eigenvalue weighted by Gasteiger charge is 2.20. The zero-order valence-electron chi connectivity index (χ0n) is 31.5. The van der Waals surface area contributed by atoms with Crippen LogP contribution in [-0.2, 0) is 0 Å². The van der Waals surface area contributed by atoms with E-state index in [1.54, 1.807) is 0 Å². The van der Waals surface area contributed by atoms with E-state index in [4.69, 9.17) is 0 Å². The van der Waals surface area contributed by atoms with Gasteiger partial charge in [0.2, 0.25) is 0 Å². The maximum Gasteiger partial charge on any atom is 0.0468 e. The molecule has 0 amide bonds. The Morgan fingerprint density at radius 3 is 1.47 bits per heavy atom. The second-order valence-corrected chi connectivity index (χ2v) is 14.5. The van der Waals surface area contributed by atoms with Gasteiger partial charge in [0.15, 0.2) is 0 Å². The van der Waals surface area contributed by atoms with Crippen LogP contribution >= 0.6 is 0 Å². The maximum absolute atomic E-state index is 2.39. The molecule has 0 heterocycles. The molecule has 10 aromatic carbocycles. The van der Waals surface area contributed by atoms with Crippen molar-refractivity contribution in [3.63, 3.8) is 0 Å². The lowest BCUT2D eigenvalue weighted by Gasteiger charge is -2.27. The van der Waals surface area contributed by atoms with E-state index in [1.165, 1.54) is 71.6 Å². The minimum absolute atomic E-state index is 1.09. The molecule has 10 aromatic rings. The van der Waals surface area contributed by atoms with Crippen LogP contribution in [0.5, 0.6) is 0 Å². The highest BCUT2D eigenvalue weighted by molar-refractivity contribution is 6.01. The van der Waals surface area contributed by atoms with Gasteiger partial charge >= 0.3 is 0 Å². The molecule has 0 fully saturated rings. The molecular weight excluding hydrogens is 687 g/mol. The molecule has 0 aromatic heterocycles. The summed E-state index contributed by atoms with van der Waals surface area (Å²) in [6.07, 6.45) is 0. The largest absolute Gasteiger partial charge is 0.310 e. The van der Waals surface area contributed by atoms with E-state index in [1.807, 2.05) is 0 Å². The van der Waals surface area contributed by atoms with Crippen molar-refractivity contribution in [2.24, 2.45) is 0 Å². The molecular formula is C56H39N. The van der Waals surface area contributed by atoms with Crippen LogP contribution in [0.4, 0.5) is 17.1 Å². The number of nitrogens with zero attached hydrogens (tertiary/aromatic N) is 1. The monoisotopic (exact) mass is 725 g/mol. The van der Waals surface area contributed by atoms with Crippen LogP contribution in [0.2, 0.25) is 0 Å². The molecule has 0 N–H and O–H groups in total. The third-order valence-corrected chi connectivity index (χ3v) is 11.1. The van der Waals surface area contributed by atoms with E-state index in [-0.39, 0.29) is 0 Å². The van der Waals surface area contributed by atoms with E-state index in [2.05, 4.69) is 241 Å². The molecule has 10 rings (SSSR count). The average molecular weight is 726 g/mol. The summed E-state index contributed by atoms with van der Waals surface area (Å²) in [5.41, 5.74) is 15.3. The summed E-state index contributed by atoms with van der Waals surface area (Å²) in [7, 11) is 0. The van der Waals surface area contributed by atoms with Gasteiger partial charge in [0.25, 0.3) is 0 Å². The second kappa shape index (κ2) is 15.0. The van der Waals surface area contributed by atoms with Crippen molar-refractivity contribution in [3.8, 4) is 55.6 Å². The highest BCUT2D eigenvalue weighted by Crippen LogP contribution is 2.46. The van der Waals surface area contributed by atoms with Crippen molar-refractivity contribution in [1.82, 2.24) is 0 Å². The van der Waals surface area contributed by atoms with Crippen molar-refractivity contribution < 1.29 is 0 Å². The van der Waals surface area contributed by atoms with Gasteiger partial charge in [-0.25, -0.2) is 0 Å². The van der Waals surface area contributed by atoms with Gasteiger partial charge in [-0.2, -0.15) is 0 Å². The molecule has 0 saturated carbocycles. The Morgan fingerprint density at radius 2 is 0.702 bits per heavy atom. The van der Waals surface area contributed by atoms with Crippen molar-refractivity contribution in [2.45, 2.75) is 0 Å². The fraction of sp³-hybridized carbons (Fsp3) is 0. The lowest BCUT2D eigenvalue weighted by atomic mass is 9.84. The van der Waals surface area contributed by atoms with Gasteiger partial charge < -0.3 is 4.90 Å². The van der Waals surface area contributed by atoms with Gasteiger partial charge in [-0.15, -0.1) is 0 Å². The first-order valence-electron chi connectivity index (χ1n) is 19.6. The van der Waals surface area contributed by atoms with Gasteiger partial charge in [0.1, 0.15) is 0 Å². The first kappa shape index (κ1) is 34.0. The molecule has 0 unspecified atom stereocenters. The van der Waals surface area contributed by atoms with E-state index in [0.29, 0.717) is 0 Å². The lowest BCUT2D eigenvalue weighted by molar-refractivity contribution is 1.29. The maximum atomic E-state index is 2.39. The average Bonchev–Trinajstić information content (AvgIpc) is 3.29. The SMILES string of the molecule is c1ccc(-c2ccccc2-c2c(-c3ccccc3)cccc2-c2cccc(N(c3ccc(-c4cccc5ccccc45)cc3)c3ccc4ccccc4c3)c2)cc1. The van der Waals surface area contributed by atoms with Crippen molar-refractivity contribution in [1.29, 1.82) is 0 Å². The van der Waals surface area contributed by atoms with Gasteiger partial charge in [0, 0.05) is 17.1 Å². The number of hydrogen-bond donors (Lipinski definition) is 0. The van der Waals surface area contributed by atoms with Crippen LogP contribution in [0.3, 0.4) is 0 Å². The van der Waals surface area contributed by atoms with Crippen LogP contribution in [0.15, 0.2) is 237 Å². The zero-order chi connectivity index (χ0) is 38.0. The molecule has 0 radical (unpaired) electrons. The standard InChI is InChI=1S/C56H39N/c1-3-17-41(18-4-1)52-27-11-12-28-55(52)56-53(43-19-5-2-6-20-43)30-15-31-54(56)46-24-13-25-48(39-46)57(49-37-32-40-16-7-8-22-45(40)38-49)47-35-33-44(34-36-47)51-29-14-23-42-21-9-10-26-50(42)51/h1-39H. The topological polar surface area (TPSA) is 3.24 Å². The predicted molar refractivity (Wildman–Crippen MR) is 243 cm³/mol. The summed E-state index contributed by atoms with van der Waals surface area (Å²) >= 11 is 0. The molecule has 0 bridgehead atoms. The minimum atomic E-state index is 1.09. The molecule has 0 spiro atoms. The molecule has 0 aliphatic carbocycles. The smallest absolute Gasteiger partial charge is 0.0468 e. The molecule has 57 heavy (non-hydrogen) atoms. The minimum Gasteiger partial charge on any atom is -0.310 e. The number of rotatable bonds is 8. The first-order chi connectivity index (χ1) is 28.3. The third kappa shape index (κ3) is 6.56. The van der Waals surface area contributed by atoms with Gasteiger partial charge in [-0.05, 0) is 114 Å². The van der Waals surface area contributed by atoms with Crippen molar-refractivity contribution in [2.75, 3.05) is 4.90 Å². The number of anilines is 3. The fourth-order valence-electron chi connectivity index (χ4n) is 8.35. The predicted octanol–water partition coefficient (Wildman–Crippen LogP) is 15.8. The Bertz CT molecular complexity index is 2990. The van der Waals surface area contributed by atoms with Gasteiger partial charge in [-0.3, -0.25) is 0 Å². The molecule has 1 nitrogen and oxygen atoms in total.